The van der Waals surface area contributed by atoms with E-state index in [9.17, 15) is 0 Å². The van der Waals surface area contributed by atoms with Gasteiger partial charge in [0.15, 0.2) is 5.82 Å². The molecule has 0 atom stereocenters. The van der Waals surface area contributed by atoms with Gasteiger partial charge >= 0.3 is 0 Å². The van der Waals surface area contributed by atoms with Gasteiger partial charge in [-0.25, -0.2) is 9.97 Å². The van der Waals surface area contributed by atoms with Crippen molar-refractivity contribution in [2.75, 3.05) is 0 Å². The number of allylic oxidation sites excluding steroid dienone is 1. The molecule has 0 aliphatic carbocycles. The Morgan fingerprint density at radius 2 is 1.37 bits per heavy atom. The zero-order chi connectivity index (χ0) is 14.7. The Hall–Kier alpha value is -1.96. The average Bonchev–Trinajstić information content (AvgIpc) is 2.52. The van der Waals surface area contributed by atoms with E-state index in [2.05, 4.69) is 16.5 Å². The van der Waals surface area contributed by atoms with E-state index in [1.807, 2.05) is 65.0 Å². The summed E-state index contributed by atoms with van der Waals surface area (Å²) in [6.45, 7) is 13.8. The largest absolute Gasteiger partial charge is 0.236 e. The second-order valence-electron chi connectivity index (χ2n) is 3.44. The van der Waals surface area contributed by atoms with Crippen LogP contribution in [0, 0.1) is 0 Å². The van der Waals surface area contributed by atoms with Crippen molar-refractivity contribution in [2.45, 2.75) is 34.6 Å². The van der Waals surface area contributed by atoms with E-state index in [4.69, 9.17) is 0 Å². The van der Waals surface area contributed by atoms with Crippen LogP contribution in [-0.2, 0) is 0 Å². The number of aromatic nitrogens is 2. The van der Waals surface area contributed by atoms with E-state index in [1.165, 1.54) is 0 Å². The second kappa shape index (κ2) is 10.0. The lowest BCUT2D eigenvalue weighted by Crippen LogP contribution is -1.90. The van der Waals surface area contributed by atoms with Crippen LogP contribution in [0.1, 0.15) is 40.2 Å². The van der Waals surface area contributed by atoms with E-state index < -0.39 is 0 Å². The van der Waals surface area contributed by atoms with Crippen LogP contribution in [0.4, 0.5) is 0 Å². The lowest BCUT2D eigenvalue weighted by Gasteiger charge is -2.01. The van der Waals surface area contributed by atoms with Crippen molar-refractivity contribution >= 4 is 5.57 Å². The maximum atomic E-state index is 4.30. The zero-order valence-electron chi connectivity index (χ0n) is 12.6. The molecular weight excluding hydrogens is 232 g/mol. The molecule has 2 rings (SSSR count). The summed E-state index contributed by atoms with van der Waals surface area (Å²) in [5, 5.41) is 0. The predicted octanol–water partition coefficient (Wildman–Crippen LogP) is 5.23. The molecule has 0 saturated carbocycles. The Bertz CT molecular complexity index is 458. The molecule has 0 spiro atoms. The number of nitrogens with zero attached hydrogens (tertiary/aromatic N) is 2. The first-order chi connectivity index (χ1) is 9.27. The van der Waals surface area contributed by atoms with Crippen molar-refractivity contribution in [1.29, 1.82) is 0 Å². The van der Waals surface area contributed by atoms with Gasteiger partial charge in [0.05, 0.1) is 0 Å². The summed E-state index contributed by atoms with van der Waals surface area (Å²) in [6.07, 6.45) is 3.61. The summed E-state index contributed by atoms with van der Waals surface area (Å²) < 4.78 is 0. The molecule has 2 aromatic rings. The predicted molar refractivity (Wildman–Crippen MR) is 84.9 cm³/mol. The first-order valence-corrected chi connectivity index (χ1v) is 6.81. The minimum atomic E-state index is 0.751. The van der Waals surface area contributed by atoms with Gasteiger partial charge in [-0.1, -0.05) is 64.6 Å². The molecule has 0 radical (unpaired) electrons. The molecule has 1 aromatic heterocycles. The van der Waals surface area contributed by atoms with Crippen LogP contribution >= 0.6 is 0 Å². The van der Waals surface area contributed by atoms with Crippen molar-refractivity contribution in [1.82, 2.24) is 9.97 Å². The van der Waals surface area contributed by atoms with E-state index in [-0.39, 0.29) is 0 Å². The minimum absolute atomic E-state index is 0.751. The average molecular weight is 256 g/mol. The normalized spacial score (nSPS) is 8.47. The van der Waals surface area contributed by atoms with Crippen LogP contribution in [0.15, 0.2) is 49.3 Å². The molecule has 0 aliphatic heterocycles. The third-order valence-corrected chi connectivity index (χ3v) is 2.18. The summed E-state index contributed by atoms with van der Waals surface area (Å²) >= 11 is 0. The van der Waals surface area contributed by atoms with Crippen molar-refractivity contribution < 1.29 is 0 Å². The van der Waals surface area contributed by atoms with Crippen LogP contribution < -0.4 is 0 Å². The van der Waals surface area contributed by atoms with Crippen molar-refractivity contribution in [3.63, 3.8) is 0 Å². The highest BCUT2D eigenvalue weighted by Crippen LogP contribution is 2.15. The quantitative estimate of drug-likeness (QED) is 0.735. The standard InChI is InChI=1S/C13H12N2.2C2H6/c1-10(2)12-8-14-13(15-9-12)11-6-4-3-5-7-11;2*1-2/h3-9H,1H2,2H3;2*1-2H3. The third-order valence-electron chi connectivity index (χ3n) is 2.18. The van der Waals surface area contributed by atoms with Crippen LogP contribution in [0.5, 0.6) is 0 Å². The van der Waals surface area contributed by atoms with Gasteiger partial charge in [-0.15, -0.1) is 0 Å². The summed E-state index contributed by atoms with van der Waals surface area (Å²) in [5.74, 6) is 0.751. The number of rotatable bonds is 2. The van der Waals surface area contributed by atoms with Crippen LogP contribution in [0.3, 0.4) is 0 Å². The monoisotopic (exact) mass is 256 g/mol. The zero-order valence-corrected chi connectivity index (χ0v) is 12.6. The molecule has 0 bridgehead atoms. The molecule has 19 heavy (non-hydrogen) atoms. The van der Waals surface area contributed by atoms with Gasteiger partial charge in [-0.05, 0) is 12.5 Å². The van der Waals surface area contributed by atoms with Crippen molar-refractivity contribution in [3.8, 4) is 11.4 Å². The Balaban J connectivity index is 0.000000741. The molecule has 0 saturated heterocycles. The lowest BCUT2D eigenvalue weighted by atomic mass is 10.2. The number of benzene rings is 1. The van der Waals surface area contributed by atoms with E-state index in [0.717, 1.165) is 22.5 Å². The molecule has 0 N–H and O–H groups in total. The molecular formula is C17H24N2. The van der Waals surface area contributed by atoms with Crippen LogP contribution in [-0.4, -0.2) is 9.97 Å². The molecule has 2 nitrogen and oxygen atoms in total. The Morgan fingerprint density at radius 1 is 0.895 bits per heavy atom. The maximum absolute atomic E-state index is 4.30. The maximum Gasteiger partial charge on any atom is 0.159 e. The smallest absolute Gasteiger partial charge is 0.159 e. The van der Waals surface area contributed by atoms with Gasteiger partial charge in [0, 0.05) is 23.5 Å². The van der Waals surface area contributed by atoms with Gasteiger partial charge in [0.25, 0.3) is 0 Å². The molecule has 2 heteroatoms. The molecule has 0 fully saturated rings. The first kappa shape index (κ1) is 17.0. The minimum Gasteiger partial charge on any atom is -0.236 e. The fourth-order valence-electron chi connectivity index (χ4n) is 1.28. The topological polar surface area (TPSA) is 25.8 Å². The Labute approximate surface area is 117 Å². The summed E-state index contributed by atoms with van der Waals surface area (Å²) in [7, 11) is 0. The lowest BCUT2D eigenvalue weighted by molar-refractivity contribution is 1.16. The number of hydrogen-bond donors (Lipinski definition) is 0. The summed E-state index contributed by atoms with van der Waals surface area (Å²) in [6, 6.07) is 9.92. The van der Waals surface area contributed by atoms with Gasteiger partial charge in [-0.3, -0.25) is 0 Å². The van der Waals surface area contributed by atoms with Gasteiger partial charge in [0.2, 0.25) is 0 Å². The molecule has 0 amide bonds. The van der Waals surface area contributed by atoms with Crippen molar-refractivity contribution in [3.05, 3.63) is 54.9 Å². The molecule has 1 heterocycles. The van der Waals surface area contributed by atoms with Gasteiger partial charge in [-0.2, -0.15) is 0 Å². The van der Waals surface area contributed by atoms with E-state index in [0.29, 0.717) is 0 Å². The third kappa shape index (κ3) is 5.47. The molecule has 1 aromatic carbocycles. The molecule has 102 valence electrons. The summed E-state index contributed by atoms with van der Waals surface area (Å²) in [5.41, 5.74) is 3.00. The van der Waals surface area contributed by atoms with Gasteiger partial charge in [0.1, 0.15) is 0 Å². The van der Waals surface area contributed by atoms with Crippen molar-refractivity contribution in [2.24, 2.45) is 0 Å². The van der Waals surface area contributed by atoms with E-state index >= 15 is 0 Å². The second-order valence-corrected chi connectivity index (χ2v) is 3.44. The number of hydrogen-bond acceptors (Lipinski definition) is 2. The molecule has 0 unspecified atom stereocenters. The highest BCUT2D eigenvalue weighted by molar-refractivity contribution is 5.61. The van der Waals surface area contributed by atoms with Gasteiger partial charge < -0.3 is 0 Å². The Morgan fingerprint density at radius 3 is 1.79 bits per heavy atom. The highest BCUT2D eigenvalue weighted by atomic mass is 14.9. The van der Waals surface area contributed by atoms with E-state index in [1.54, 1.807) is 12.4 Å². The highest BCUT2D eigenvalue weighted by Gasteiger charge is 2.00. The Kier molecular flexibility index (Phi) is 8.98. The SMILES string of the molecule is C=C(C)c1cnc(-c2ccccc2)nc1.CC.CC. The first-order valence-electron chi connectivity index (χ1n) is 6.81. The van der Waals surface area contributed by atoms with Crippen LogP contribution in [0.2, 0.25) is 0 Å². The summed E-state index contributed by atoms with van der Waals surface area (Å²) in [4.78, 5) is 8.60. The fourth-order valence-corrected chi connectivity index (χ4v) is 1.28. The van der Waals surface area contributed by atoms with Crippen LogP contribution in [0.25, 0.3) is 17.0 Å². The molecule has 0 aliphatic rings. The fraction of sp³-hybridized carbons (Fsp3) is 0.294.